The van der Waals surface area contributed by atoms with Crippen molar-refractivity contribution >= 4 is 35.0 Å². The minimum absolute atomic E-state index is 0.0633. The number of amides is 2. The zero-order chi connectivity index (χ0) is 21.3. The normalized spacial score (nSPS) is 16.1. The van der Waals surface area contributed by atoms with Gasteiger partial charge in [0.25, 0.3) is 0 Å². The zero-order valence-corrected chi connectivity index (χ0v) is 18.8. The summed E-state index contributed by atoms with van der Waals surface area (Å²) in [5, 5.41) is 2.96. The molecular formula is C25H32N2O2S. The SMILES string of the molecule is CCCCCCCCC(=O)Nc1cccc(C2SCC(=O)N2c2cccc(C)c2)c1. The fraction of sp³-hybridized carbons (Fsp3) is 0.440. The van der Waals surface area contributed by atoms with Crippen molar-refractivity contribution < 1.29 is 9.59 Å². The van der Waals surface area contributed by atoms with Crippen molar-refractivity contribution in [3.05, 3.63) is 59.7 Å². The van der Waals surface area contributed by atoms with E-state index in [-0.39, 0.29) is 17.2 Å². The van der Waals surface area contributed by atoms with Crippen molar-refractivity contribution in [1.82, 2.24) is 0 Å². The molecule has 160 valence electrons. The number of carbonyl (C=O) groups excluding carboxylic acids is 2. The minimum Gasteiger partial charge on any atom is -0.326 e. The van der Waals surface area contributed by atoms with E-state index in [9.17, 15) is 9.59 Å². The molecule has 4 nitrogen and oxygen atoms in total. The number of anilines is 2. The number of nitrogens with zero attached hydrogens (tertiary/aromatic N) is 1. The summed E-state index contributed by atoms with van der Waals surface area (Å²) in [5.41, 5.74) is 3.89. The molecule has 1 N–H and O–H groups in total. The van der Waals surface area contributed by atoms with Crippen LogP contribution < -0.4 is 10.2 Å². The molecule has 30 heavy (non-hydrogen) atoms. The van der Waals surface area contributed by atoms with Crippen molar-refractivity contribution in [3.63, 3.8) is 0 Å². The number of hydrogen-bond acceptors (Lipinski definition) is 3. The van der Waals surface area contributed by atoms with E-state index in [1.165, 1.54) is 25.7 Å². The molecule has 1 saturated heterocycles. The highest BCUT2D eigenvalue weighted by Gasteiger charge is 2.34. The summed E-state index contributed by atoms with van der Waals surface area (Å²) in [4.78, 5) is 26.8. The van der Waals surface area contributed by atoms with Crippen LogP contribution in [-0.4, -0.2) is 17.6 Å². The van der Waals surface area contributed by atoms with Gasteiger partial charge in [-0.1, -0.05) is 63.3 Å². The third kappa shape index (κ3) is 6.11. The molecule has 0 aromatic heterocycles. The molecule has 2 aromatic rings. The molecule has 0 radical (unpaired) electrons. The second-order valence-corrected chi connectivity index (χ2v) is 9.03. The highest BCUT2D eigenvalue weighted by atomic mass is 32.2. The largest absolute Gasteiger partial charge is 0.326 e. The van der Waals surface area contributed by atoms with Gasteiger partial charge in [-0.05, 0) is 48.7 Å². The Balaban J connectivity index is 1.62. The number of benzene rings is 2. The Bertz CT molecular complexity index is 868. The Hall–Kier alpha value is -2.27. The maximum Gasteiger partial charge on any atom is 0.238 e. The standard InChI is InChI=1S/C25H32N2O2S/c1-3-4-5-6-7-8-15-23(28)26-21-13-10-12-20(17-21)25-27(24(29)18-30-25)22-14-9-11-19(2)16-22/h9-14,16-17,25H,3-8,15,18H2,1-2H3,(H,26,28). The van der Waals surface area contributed by atoms with E-state index < -0.39 is 0 Å². The summed E-state index contributed by atoms with van der Waals surface area (Å²) >= 11 is 1.63. The fourth-order valence-electron chi connectivity index (χ4n) is 3.79. The monoisotopic (exact) mass is 424 g/mol. The molecule has 1 atom stereocenters. The first-order chi connectivity index (χ1) is 14.6. The van der Waals surface area contributed by atoms with Crippen LogP contribution in [0.2, 0.25) is 0 Å². The molecule has 1 unspecified atom stereocenters. The van der Waals surface area contributed by atoms with E-state index in [1.54, 1.807) is 11.8 Å². The Kier molecular flexibility index (Phi) is 8.38. The van der Waals surface area contributed by atoms with Gasteiger partial charge in [0, 0.05) is 17.8 Å². The quantitative estimate of drug-likeness (QED) is 0.445. The second-order valence-electron chi connectivity index (χ2n) is 7.96. The van der Waals surface area contributed by atoms with E-state index in [0.717, 1.165) is 35.3 Å². The predicted octanol–water partition coefficient (Wildman–Crippen LogP) is 6.46. The van der Waals surface area contributed by atoms with Crippen LogP contribution in [0.15, 0.2) is 48.5 Å². The first-order valence-corrected chi connectivity index (χ1v) is 12.0. The van der Waals surface area contributed by atoms with Crippen molar-refractivity contribution in [2.24, 2.45) is 0 Å². The van der Waals surface area contributed by atoms with Gasteiger partial charge in [0.05, 0.1) is 5.75 Å². The van der Waals surface area contributed by atoms with Gasteiger partial charge in [-0.2, -0.15) is 0 Å². The van der Waals surface area contributed by atoms with Crippen LogP contribution in [0.25, 0.3) is 0 Å². The van der Waals surface area contributed by atoms with Crippen molar-refractivity contribution in [2.75, 3.05) is 16.0 Å². The van der Waals surface area contributed by atoms with Crippen molar-refractivity contribution in [1.29, 1.82) is 0 Å². The van der Waals surface area contributed by atoms with Crippen LogP contribution in [0.4, 0.5) is 11.4 Å². The molecule has 0 saturated carbocycles. The maximum absolute atomic E-state index is 12.6. The highest BCUT2D eigenvalue weighted by Crippen LogP contribution is 2.42. The predicted molar refractivity (Wildman–Crippen MR) is 127 cm³/mol. The van der Waals surface area contributed by atoms with Crippen LogP contribution in [0.3, 0.4) is 0 Å². The molecule has 1 aliphatic rings. The Morgan fingerprint density at radius 2 is 1.83 bits per heavy atom. The molecule has 5 heteroatoms. The number of nitrogens with one attached hydrogen (secondary N) is 1. The van der Waals surface area contributed by atoms with Gasteiger partial charge in [-0.15, -0.1) is 11.8 Å². The lowest BCUT2D eigenvalue weighted by atomic mass is 10.1. The molecule has 1 heterocycles. The van der Waals surface area contributed by atoms with Gasteiger partial charge in [-0.25, -0.2) is 0 Å². The second kappa shape index (κ2) is 11.2. The number of hydrogen-bond donors (Lipinski definition) is 1. The lowest BCUT2D eigenvalue weighted by Gasteiger charge is -2.25. The molecule has 0 bridgehead atoms. The van der Waals surface area contributed by atoms with Gasteiger partial charge >= 0.3 is 0 Å². The Labute approximate surface area is 184 Å². The van der Waals surface area contributed by atoms with Gasteiger partial charge in [-0.3, -0.25) is 14.5 Å². The zero-order valence-electron chi connectivity index (χ0n) is 18.0. The Morgan fingerprint density at radius 3 is 2.63 bits per heavy atom. The summed E-state index contributed by atoms with van der Waals surface area (Å²) < 4.78 is 0. The first kappa shape index (κ1) is 22.4. The van der Waals surface area contributed by atoms with E-state index in [1.807, 2.05) is 60.4 Å². The average Bonchev–Trinajstić information content (AvgIpc) is 3.12. The van der Waals surface area contributed by atoms with E-state index in [4.69, 9.17) is 0 Å². The van der Waals surface area contributed by atoms with Crippen molar-refractivity contribution in [3.8, 4) is 0 Å². The van der Waals surface area contributed by atoms with Crippen LogP contribution in [-0.2, 0) is 9.59 Å². The number of carbonyl (C=O) groups is 2. The summed E-state index contributed by atoms with van der Waals surface area (Å²) in [5.74, 6) is 0.647. The molecule has 3 rings (SSSR count). The molecule has 0 spiro atoms. The molecule has 1 fully saturated rings. The Morgan fingerprint density at radius 1 is 1.07 bits per heavy atom. The number of unbranched alkanes of at least 4 members (excludes halogenated alkanes) is 5. The molecule has 2 aromatic carbocycles. The number of rotatable bonds is 10. The van der Waals surface area contributed by atoms with Crippen LogP contribution in [0.5, 0.6) is 0 Å². The minimum atomic E-state index is -0.0743. The van der Waals surface area contributed by atoms with E-state index >= 15 is 0 Å². The van der Waals surface area contributed by atoms with Gasteiger partial charge in [0.2, 0.25) is 11.8 Å². The molecule has 0 aliphatic carbocycles. The van der Waals surface area contributed by atoms with Crippen LogP contribution >= 0.6 is 11.8 Å². The molecular weight excluding hydrogens is 392 g/mol. The first-order valence-electron chi connectivity index (χ1n) is 11.0. The van der Waals surface area contributed by atoms with Crippen LogP contribution in [0.1, 0.15) is 68.4 Å². The fourth-order valence-corrected chi connectivity index (χ4v) is 4.95. The summed E-state index contributed by atoms with van der Waals surface area (Å²) in [6.07, 6.45) is 7.59. The third-order valence-corrected chi connectivity index (χ3v) is 6.57. The molecule has 2 amide bonds. The third-order valence-electron chi connectivity index (χ3n) is 5.36. The number of aryl methyl sites for hydroxylation is 1. The maximum atomic E-state index is 12.6. The van der Waals surface area contributed by atoms with Gasteiger partial charge in [0.15, 0.2) is 0 Å². The van der Waals surface area contributed by atoms with E-state index in [0.29, 0.717) is 12.2 Å². The van der Waals surface area contributed by atoms with E-state index in [2.05, 4.69) is 12.2 Å². The topological polar surface area (TPSA) is 49.4 Å². The highest BCUT2D eigenvalue weighted by molar-refractivity contribution is 8.00. The lowest BCUT2D eigenvalue weighted by Crippen LogP contribution is -2.27. The van der Waals surface area contributed by atoms with Crippen LogP contribution in [0, 0.1) is 6.92 Å². The lowest BCUT2D eigenvalue weighted by molar-refractivity contribution is -0.117. The number of thioether (sulfide) groups is 1. The summed E-state index contributed by atoms with van der Waals surface area (Å²) in [7, 11) is 0. The summed E-state index contributed by atoms with van der Waals surface area (Å²) in [6.45, 7) is 4.24. The smallest absolute Gasteiger partial charge is 0.238 e. The van der Waals surface area contributed by atoms with Crippen molar-refractivity contribution in [2.45, 2.75) is 64.2 Å². The van der Waals surface area contributed by atoms with Gasteiger partial charge in [0.1, 0.15) is 5.37 Å². The molecule has 1 aliphatic heterocycles. The summed E-state index contributed by atoms with van der Waals surface area (Å²) in [6, 6.07) is 15.9. The average molecular weight is 425 g/mol. The van der Waals surface area contributed by atoms with Gasteiger partial charge < -0.3 is 5.32 Å².